The van der Waals surface area contributed by atoms with Crippen LogP contribution >= 0.6 is 11.8 Å². The number of carbonyl (C=O) groups excluding carboxylic acids is 2. The molecule has 1 aliphatic rings. The van der Waals surface area contributed by atoms with Gasteiger partial charge in [0.05, 0.1) is 0 Å². The van der Waals surface area contributed by atoms with Crippen molar-refractivity contribution in [3.05, 3.63) is 89.5 Å². The fourth-order valence-electron chi connectivity index (χ4n) is 4.43. The second-order valence-corrected chi connectivity index (χ2v) is 9.63. The first-order chi connectivity index (χ1) is 18.0. The van der Waals surface area contributed by atoms with E-state index >= 15 is 0 Å². The normalized spacial score (nSPS) is 12.7. The molecule has 0 heterocycles. The van der Waals surface area contributed by atoms with Gasteiger partial charge >= 0.3 is 12.2 Å². The average Bonchev–Trinajstić information content (AvgIpc) is 3.22. The molecule has 0 radical (unpaired) electrons. The van der Waals surface area contributed by atoms with Crippen LogP contribution < -0.4 is 16.0 Å². The third-order valence-electron chi connectivity index (χ3n) is 6.23. The molecule has 3 amide bonds. The highest BCUT2D eigenvalue weighted by molar-refractivity contribution is 7.98. The maximum Gasteiger partial charge on any atom is 0.409 e. The highest BCUT2D eigenvalue weighted by Crippen LogP contribution is 2.44. The number of alkyl carbamates (subject to hydrolysis) is 1. The molecule has 0 bridgehead atoms. The van der Waals surface area contributed by atoms with Crippen molar-refractivity contribution >= 4 is 35.5 Å². The van der Waals surface area contributed by atoms with E-state index in [4.69, 9.17) is 9.84 Å². The molecule has 0 unspecified atom stereocenters. The fraction of sp³-hybridized carbons (Fsp3) is 0.250. The third-order valence-corrected chi connectivity index (χ3v) is 6.88. The molecule has 0 spiro atoms. The van der Waals surface area contributed by atoms with Gasteiger partial charge in [-0.1, -0.05) is 60.7 Å². The predicted molar refractivity (Wildman–Crippen MR) is 145 cm³/mol. The number of hydrogen-bond donors (Lipinski definition) is 4. The molecule has 0 saturated heterocycles. The Bertz CT molecular complexity index is 1220. The molecule has 3 aromatic carbocycles. The molecule has 192 valence electrons. The van der Waals surface area contributed by atoms with E-state index in [0.29, 0.717) is 17.9 Å². The highest BCUT2D eigenvalue weighted by atomic mass is 32.2. The largest absolute Gasteiger partial charge is 0.465 e. The topological polar surface area (TPSA) is 117 Å². The van der Waals surface area contributed by atoms with Crippen LogP contribution in [0.25, 0.3) is 11.1 Å². The van der Waals surface area contributed by atoms with Crippen LogP contribution in [0.3, 0.4) is 0 Å². The SMILES string of the molecule is CSCC[C@H](NC(=O)OCC1c2ccccc2-c2ccccc21)C(=O)NCc1ccc(NC(=O)O)cc1. The number of carbonyl (C=O) groups is 3. The van der Waals surface area contributed by atoms with Crippen molar-refractivity contribution in [2.75, 3.05) is 23.9 Å². The zero-order valence-electron chi connectivity index (χ0n) is 20.4. The summed E-state index contributed by atoms with van der Waals surface area (Å²) in [6, 6.07) is 22.2. The van der Waals surface area contributed by atoms with Crippen molar-refractivity contribution in [2.45, 2.75) is 24.9 Å². The van der Waals surface area contributed by atoms with Crippen molar-refractivity contribution in [3.63, 3.8) is 0 Å². The van der Waals surface area contributed by atoms with E-state index in [1.54, 1.807) is 36.0 Å². The first-order valence-electron chi connectivity index (χ1n) is 11.9. The molecule has 4 N–H and O–H groups in total. The molecule has 0 aromatic heterocycles. The lowest BCUT2D eigenvalue weighted by atomic mass is 9.98. The van der Waals surface area contributed by atoms with Crippen molar-refractivity contribution in [1.82, 2.24) is 10.6 Å². The number of carboxylic acid groups (broad SMARTS) is 1. The van der Waals surface area contributed by atoms with Crippen LogP contribution in [0.2, 0.25) is 0 Å². The van der Waals surface area contributed by atoms with Crippen molar-refractivity contribution in [2.24, 2.45) is 0 Å². The van der Waals surface area contributed by atoms with Crippen LogP contribution in [0, 0.1) is 0 Å². The van der Waals surface area contributed by atoms with Gasteiger partial charge < -0.3 is 20.5 Å². The lowest BCUT2D eigenvalue weighted by Gasteiger charge is -2.19. The molecule has 37 heavy (non-hydrogen) atoms. The molecule has 9 heteroatoms. The summed E-state index contributed by atoms with van der Waals surface area (Å²) >= 11 is 1.59. The summed E-state index contributed by atoms with van der Waals surface area (Å²) in [5.41, 5.74) is 5.79. The predicted octanol–water partition coefficient (Wildman–Crippen LogP) is 5.05. The fourth-order valence-corrected chi connectivity index (χ4v) is 4.90. The first kappa shape index (κ1) is 26.1. The summed E-state index contributed by atoms with van der Waals surface area (Å²) in [4.78, 5) is 36.3. The van der Waals surface area contributed by atoms with E-state index in [9.17, 15) is 14.4 Å². The van der Waals surface area contributed by atoms with E-state index in [0.717, 1.165) is 27.8 Å². The number of nitrogens with one attached hydrogen (secondary N) is 3. The van der Waals surface area contributed by atoms with Gasteiger partial charge in [-0.3, -0.25) is 10.1 Å². The van der Waals surface area contributed by atoms with Crippen molar-refractivity contribution in [1.29, 1.82) is 0 Å². The van der Waals surface area contributed by atoms with Crippen LogP contribution in [0.15, 0.2) is 72.8 Å². The van der Waals surface area contributed by atoms with Gasteiger partial charge in [-0.15, -0.1) is 0 Å². The van der Waals surface area contributed by atoms with Gasteiger partial charge in [-0.05, 0) is 58.4 Å². The van der Waals surface area contributed by atoms with Crippen LogP contribution in [-0.2, 0) is 16.1 Å². The molecule has 0 saturated carbocycles. The number of thioether (sulfide) groups is 1. The summed E-state index contributed by atoms with van der Waals surface area (Å²) in [6.07, 6.45) is 0.623. The quantitative estimate of drug-likeness (QED) is 0.298. The summed E-state index contributed by atoms with van der Waals surface area (Å²) < 4.78 is 5.62. The smallest absolute Gasteiger partial charge is 0.409 e. The molecule has 0 aliphatic heterocycles. The Labute approximate surface area is 219 Å². The van der Waals surface area contributed by atoms with Crippen molar-refractivity contribution in [3.8, 4) is 11.1 Å². The molecular weight excluding hydrogens is 490 g/mol. The molecule has 8 nitrogen and oxygen atoms in total. The van der Waals surface area contributed by atoms with Gasteiger partial charge in [0, 0.05) is 18.2 Å². The number of fused-ring (bicyclic) bond motifs is 3. The number of benzene rings is 3. The third kappa shape index (κ3) is 6.62. The van der Waals surface area contributed by atoms with Gasteiger partial charge in [0.15, 0.2) is 0 Å². The summed E-state index contributed by atoms with van der Waals surface area (Å²) in [5.74, 6) is 0.322. The standard InChI is InChI=1S/C28H29N3O5S/c1-37-15-14-25(26(32)29-16-18-10-12-19(13-11-18)30-27(33)34)31-28(35)36-17-24-22-8-4-2-6-20(22)21-7-3-5-9-23(21)24/h2-13,24-25,30H,14-17H2,1H3,(H,29,32)(H,31,35)(H,33,34)/t25-/m0/s1. The van der Waals surface area contributed by atoms with Crippen molar-refractivity contribution < 1.29 is 24.2 Å². The zero-order chi connectivity index (χ0) is 26.2. The minimum absolute atomic E-state index is 0.0600. The van der Waals surface area contributed by atoms with E-state index in [1.807, 2.05) is 30.5 Å². The monoisotopic (exact) mass is 519 g/mol. The molecular formula is C28H29N3O5S. The Morgan fingerprint density at radius 1 is 0.946 bits per heavy atom. The summed E-state index contributed by atoms with van der Waals surface area (Å²) in [6.45, 7) is 0.418. The lowest BCUT2D eigenvalue weighted by Crippen LogP contribution is -2.47. The second kappa shape index (κ2) is 12.3. The van der Waals surface area contributed by atoms with Gasteiger partial charge in [0.2, 0.25) is 5.91 Å². The maximum atomic E-state index is 12.9. The number of hydrogen-bond acceptors (Lipinski definition) is 5. The molecule has 0 fully saturated rings. The number of amides is 3. The van der Waals surface area contributed by atoms with Crippen LogP contribution in [0.5, 0.6) is 0 Å². The van der Waals surface area contributed by atoms with Crippen LogP contribution in [0.1, 0.15) is 29.0 Å². The minimum Gasteiger partial charge on any atom is -0.465 e. The molecule has 4 rings (SSSR count). The molecule has 1 aliphatic carbocycles. The Morgan fingerprint density at radius 3 is 2.16 bits per heavy atom. The highest BCUT2D eigenvalue weighted by Gasteiger charge is 2.29. The first-order valence-corrected chi connectivity index (χ1v) is 13.3. The van der Waals surface area contributed by atoms with Crippen LogP contribution in [-0.4, -0.2) is 47.9 Å². The van der Waals surface area contributed by atoms with Gasteiger partial charge in [-0.25, -0.2) is 9.59 Å². The van der Waals surface area contributed by atoms with Gasteiger partial charge in [-0.2, -0.15) is 11.8 Å². The van der Waals surface area contributed by atoms with E-state index in [-0.39, 0.29) is 25.0 Å². The summed E-state index contributed by atoms with van der Waals surface area (Å²) in [5, 5.41) is 16.6. The summed E-state index contributed by atoms with van der Waals surface area (Å²) in [7, 11) is 0. The Kier molecular flexibility index (Phi) is 8.68. The Balaban J connectivity index is 1.34. The average molecular weight is 520 g/mol. The number of rotatable bonds is 10. The van der Waals surface area contributed by atoms with E-state index < -0.39 is 18.2 Å². The Morgan fingerprint density at radius 2 is 1.57 bits per heavy atom. The van der Waals surface area contributed by atoms with E-state index in [2.05, 4.69) is 40.2 Å². The van der Waals surface area contributed by atoms with E-state index in [1.165, 1.54) is 0 Å². The Hall–Kier alpha value is -3.98. The molecule has 3 aromatic rings. The van der Waals surface area contributed by atoms with Gasteiger partial charge in [0.25, 0.3) is 0 Å². The zero-order valence-corrected chi connectivity index (χ0v) is 21.2. The molecule has 1 atom stereocenters. The number of ether oxygens (including phenoxy) is 1. The second-order valence-electron chi connectivity index (χ2n) is 8.65. The minimum atomic E-state index is -1.14. The van der Waals surface area contributed by atoms with Crippen LogP contribution in [0.4, 0.5) is 15.3 Å². The van der Waals surface area contributed by atoms with Gasteiger partial charge in [0.1, 0.15) is 12.6 Å². The maximum absolute atomic E-state index is 12.9. The lowest BCUT2D eigenvalue weighted by molar-refractivity contribution is -0.123. The number of anilines is 1.